The second-order valence-electron chi connectivity index (χ2n) is 8.06. The molecule has 32 heavy (non-hydrogen) atoms. The van der Waals surface area contributed by atoms with Crippen molar-refractivity contribution in [1.82, 2.24) is 25.3 Å². The number of fused-ring (bicyclic) bond motifs is 1. The van der Waals surface area contributed by atoms with Gasteiger partial charge in [-0.15, -0.1) is 0 Å². The Labute approximate surface area is 190 Å². The maximum absolute atomic E-state index is 14.5. The molecule has 0 aliphatic heterocycles. The van der Waals surface area contributed by atoms with E-state index >= 15 is 0 Å². The number of carbonyl (C=O) groups is 1. The van der Waals surface area contributed by atoms with Gasteiger partial charge in [-0.25, -0.2) is 19.3 Å². The van der Waals surface area contributed by atoms with Crippen LogP contribution in [0.5, 0.6) is 0 Å². The summed E-state index contributed by atoms with van der Waals surface area (Å²) in [5.74, 6) is 0.544. The number of halogens is 2. The van der Waals surface area contributed by atoms with E-state index in [0.29, 0.717) is 47.0 Å². The molecule has 170 valence electrons. The van der Waals surface area contributed by atoms with Crippen molar-refractivity contribution in [2.45, 2.75) is 25.7 Å². The van der Waals surface area contributed by atoms with Crippen LogP contribution in [0.4, 0.5) is 10.2 Å². The van der Waals surface area contributed by atoms with E-state index in [1.807, 2.05) is 0 Å². The van der Waals surface area contributed by atoms with Crippen LogP contribution in [-0.4, -0.2) is 52.6 Å². The topological polar surface area (TPSA) is 105 Å². The van der Waals surface area contributed by atoms with Crippen LogP contribution in [-0.2, 0) is 9.53 Å². The number of carbonyl (C=O) groups excluding carboxylic acids is 1. The number of rotatable bonds is 8. The number of aromatic nitrogens is 4. The highest BCUT2D eigenvalue weighted by molar-refractivity contribution is 6.31. The fourth-order valence-corrected chi connectivity index (χ4v) is 4.42. The van der Waals surface area contributed by atoms with Gasteiger partial charge < -0.3 is 20.4 Å². The van der Waals surface area contributed by atoms with Crippen LogP contribution in [0.2, 0.25) is 5.02 Å². The molecule has 1 aliphatic carbocycles. The molecule has 2 atom stereocenters. The predicted octanol–water partition coefficient (Wildman–Crippen LogP) is 3.79. The third-order valence-electron chi connectivity index (χ3n) is 5.92. The number of hydrogen-bond acceptors (Lipinski definition) is 6. The van der Waals surface area contributed by atoms with Crippen LogP contribution < -0.4 is 10.6 Å². The minimum absolute atomic E-state index is 0.0547. The van der Waals surface area contributed by atoms with Gasteiger partial charge in [0.15, 0.2) is 17.5 Å². The van der Waals surface area contributed by atoms with E-state index in [-0.39, 0.29) is 18.3 Å². The molecular weight excluding hydrogens is 435 g/mol. The molecule has 8 nitrogen and oxygen atoms in total. The molecule has 3 aromatic rings. The minimum Gasteiger partial charge on any atom is -0.375 e. The summed E-state index contributed by atoms with van der Waals surface area (Å²) in [5.41, 5.74) is 1.36. The van der Waals surface area contributed by atoms with Gasteiger partial charge >= 0.3 is 0 Å². The number of hydrogen-bond donors (Lipinski definition) is 3. The second kappa shape index (κ2) is 10.2. The standard InChI is InChI=1S/C22H26ClFN6O2/c1-32-12-19(31)25-7-13-4-2-3-5-14(13)8-26-22-18(24)11-29-21(30-22)17-10-28-20-16(17)6-15(23)9-27-20/h6,9-11,13-14H,2-5,7-8,12H2,1H3,(H,25,31)(H,27,28)(H,26,29,30)/t13?,14-/m0/s1. The molecule has 3 aromatic heterocycles. The van der Waals surface area contributed by atoms with Gasteiger partial charge in [0.1, 0.15) is 12.3 Å². The highest BCUT2D eigenvalue weighted by atomic mass is 35.5. The minimum atomic E-state index is -0.509. The fourth-order valence-electron chi connectivity index (χ4n) is 4.26. The molecule has 3 N–H and O–H groups in total. The molecule has 0 aromatic carbocycles. The zero-order valence-electron chi connectivity index (χ0n) is 17.8. The van der Waals surface area contributed by atoms with Crippen molar-refractivity contribution in [3.8, 4) is 11.4 Å². The van der Waals surface area contributed by atoms with E-state index in [4.69, 9.17) is 16.3 Å². The molecular formula is C22H26ClFN6O2. The van der Waals surface area contributed by atoms with E-state index in [1.165, 1.54) is 13.3 Å². The molecule has 4 rings (SSSR count). The lowest BCUT2D eigenvalue weighted by molar-refractivity contribution is -0.125. The summed E-state index contributed by atoms with van der Waals surface area (Å²) in [6, 6.07) is 1.78. The molecule has 0 bridgehead atoms. The molecule has 1 saturated carbocycles. The number of nitrogens with zero attached hydrogens (tertiary/aromatic N) is 3. The lowest BCUT2D eigenvalue weighted by atomic mass is 9.79. The summed E-state index contributed by atoms with van der Waals surface area (Å²) >= 11 is 6.08. The van der Waals surface area contributed by atoms with Gasteiger partial charge in [0.05, 0.1) is 11.2 Å². The van der Waals surface area contributed by atoms with Crippen LogP contribution in [0.25, 0.3) is 22.4 Å². The molecule has 3 heterocycles. The van der Waals surface area contributed by atoms with Crippen LogP contribution in [0, 0.1) is 17.7 Å². The predicted molar refractivity (Wildman–Crippen MR) is 121 cm³/mol. The van der Waals surface area contributed by atoms with E-state index in [2.05, 4.69) is 30.6 Å². The Morgan fingerprint density at radius 1 is 1.25 bits per heavy atom. The van der Waals surface area contributed by atoms with Crippen molar-refractivity contribution in [2.75, 3.05) is 32.1 Å². The molecule has 1 unspecified atom stereocenters. The number of aromatic amines is 1. The summed E-state index contributed by atoms with van der Waals surface area (Å²) < 4.78 is 19.3. The zero-order chi connectivity index (χ0) is 22.5. The Morgan fingerprint density at radius 3 is 2.81 bits per heavy atom. The summed E-state index contributed by atoms with van der Waals surface area (Å²) in [4.78, 5) is 27.6. The number of ether oxygens (including phenoxy) is 1. The molecule has 1 fully saturated rings. The Balaban J connectivity index is 1.47. The van der Waals surface area contributed by atoms with Crippen LogP contribution in [0.3, 0.4) is 0 Å². The van der Waals surface area contributed by atoms with E-state index in [1.54, 1.807) is 18.5 Å². The number of anilines is 1. The summed E-state index contributed by atoms with van der Waals surface area (Å²) in [5, 5.41) is 7.37. The van der Waals surface area contributed by atoms with Crippen molar-refractivity contribution in [3.63, 3.8) is 0 Å². The van der Waals surface area contributed by atoms with Gasteiger partial charge in [0, 0.05) is 43.5 Å². The van der Waals surface area contributed by atoms with Crippen molar-refractivity contribution in [2.24, 2.45) is 11.8 Å². The van der Waals surface area contributed by atoms with E-state index in [0.717, 1.165) is 31.1 Å². The van der Waals surface area contributed by atoms with Crippen molar-refractivity contribution in [3.05, 3.63) is 35.5 Å². The number of nitrogens with one attached hydrogen (secondary N) is 3. The third kappa shape index (κ3) is 5.16. The first-order valence-corrected chi connectivity index (χ1v) is 11.1. The van der Waals surface area contributed by atoms with Crippen LogP contribution >= 0.6 is 11.6 Å². The molecule has 0 radical (unpaired) electrons. The Bertz CT molecular complexity index is 1090. The smallest absolute Gasteiger partial charge is 0.245 e. The first-order valence-electron chi connectivity index (χ1n) is 10.7. The molecule has 10 heteroatoms. The average molecular weight is 461 g/mol. The van der Waals surface area contributed by atoms with Gasteiger partial charge in [-0.1, -0.05) is 24.4 Å². The van der Waals surface area contributed by atoms with Gasteiger partial charge in [-0.05, 0) is 30.7 Å². The molecule has 1 amide bonds. The van der Waals surface area contributed by atoms with Crippen LogP contribution in [0.15, 0.2) is 24.7 Å². The third-order valence-corrected chi connectivity index (χ3v) is 6.12. The maximum atomic E-state index is 14.5. The Hall–Kier alpha value is -2.78. The monoisotopic (exact) mass is 460 g/mol. The number of methoxy groups -OCH3 is 1. The quantitative estimate of drug-likeness (QED) is 0.472. The normalized spacial score (nSPS) is 18.6. The second-order valence-corrected chi connectivity index (χ2v) is 8.50. The van der Waals surface area contributed by atoms with Crippen molar-refractivity contribution < 1.29 is 13.9 Å². The lowest BCUT2D eigenvalue weighted by Crippen LogP contribution is -2.38. The van der Waals surface area contributed by atoms with Crippen LogP contribution in [0.1, 0.15) is 25.7 Å². The average Bonchev–Trinajstić information content (AvgIpc) is 3.21. The zero-order valence-corrected chi connectivity index (χ0v) is 18.6. The van der Waals surface area contributed by atoms with Crippen molar-refractivity contribution >= 4 is 34.4 Å². The number of amides is 1. The Morgan fingerprint density at radius 2 is 2.03 bits per heavy atom. The summed E-state index contributed by atoms with van der Waals surface area (Å²) in [6.45, 7) is 1.22. The molecule has 0 spiro atoms. The maximum Gasteiger partial charge on any atom is 0.245 e. The van der Waals surface area contributed by atoms with E-state index < -0.39 is 5.82 Å². The number of H-pyrrole nitrogens is 1. The first kappa shape index (κ1) is 22.4. The summed E-state index contributed by atoms with van der Waals surface area (Å²) in [7, 11) is 1.50. The Kier molecular flexibility index (Phi) is 7.16. The SMILES string of the molecule is COCC(=O)NCC1CCCC[C@H]1CNc1nc(-c2c[nH]c3ncc(Cl)cc23)ncc1F. The number of pyridine rings is 1. The first-order chi connectivity index (χ1) is 15.5. The molecule has 0 saturated heterocycles. The highest BCUT2D eigenvalue weighted by Crippen LogP contribution is 2.31. The van der Waals surface area contributed by atoms with E-state index in [9.17, 15) is 9.18 Å². The van der Waals surface area contributed by atoms with Gasteiger partial charge in [-0.2, -0.15) is 0 Å². The van der Waals surface area contributed by atoms with Gasteiger partial charge in [0.25, 0.3) is 0 Å². The van der Waals surface area contributed by atoms with Gasteiger partial charge in [0.2, 0.25) is 5.91 Å². The molecule has 1 aliphatic rings. The fraction of sp³-hybridized carbons (Fsp3) is 0.455. The van der Waals surface area contributed by atoms with Gasteiger partial charge in [-0.3, -0.25) is 4.79 Å². The lowest BCUT2D eigenvalue weighted by Gasteiger charge is -2.32. The van der Waals surface area contributed by atoms with Crippen molar-refractivity contribution in [1.29, 1.82) is 0 Å². The highest BCUT2D eigenvalue weighted by Gasteiger charge is 2.26. The summed E-state index contributed by atoms with van der Waals surface area (Å²) in [6.07, 6.45) is 8.76. The largest absolute Gasteiger partial charge is 0.375 e.